The van der Waals surface area contributed by atoms with E-state index in [2.05, 4.69) is 0 Å². The van der Waals surface area contributed by atoms with Crippen molar-refractivity contribution in [3.8, 4) is 0 Å². The smallest absolute Gasteiger partial charge is 0.344 e. The normalized spacial score (nSPS) is 19.0. The third kappa shape index (κ3) is 3.68. The van der Waals surface area contributed by atoms with E-state index in [1.54, 1.807) is 13.8 Å². The summed E-state index contributed by atoms with van der Waals surface area (Å²) in [5.41, 5.74) is 0. The summed E-state index contributed by atoms with van der Waals surface area (Å²) in [6, 6.07) is 1.28. The Morgan fingerprint density at radius 1 is 1.46 bits per heavy atom. The van der Waals surface area contributed by atoms with Gasteiger partial charge < -0.3 is 4.74 Å². The fraction of sp³-hybridized carbons (Fsp3) is 0.643. The van der Waals surface area contributed by atoms with Crippen molar-refractivity contribution < 1.29 is 27.1 Å². The minimum Gasteiger partial charge on any atom is -0.465 e. The van der Waals surface area contributed by atoms with Crippen molar-refractivity contribution in [3.05, 3.63) is 21.1 Å². The lowest BCUT2D eigenvalue weighted by atomic mass is 9.97. The molecule has 1 aliphatic rings. The molecule has 146 valence electrons. The van der Waals surface area contributed by atoms with Crippen molar-refractivity contribution in [2.75, 3.05) is 26.0 Å². The lowest BCUT2D eigenvalue weighted by Crippen LogP contribution is -2.53. The fourth-order valence-corrected chi connectivity index (χ4v) is 6.73. The number of nitro groups is 1. The molecule has 0 N–H and O–H groups in total. The van der Waals surface area contributed by atoms with Gasteiger partial charge in [-0.25, -0.2) is 8.42 Å². The first kappa shape index (κ1) is 20.9. The summed E-state index contributed by atoms with van der Waals surface area (Å²) in [4.78, 5) is 22.9. The topological polar surface area (TPSA) is 124 Å². The van der Waals surface area contributed by atoms with E-state index in [4.69, 9.17) is 4.74 Å². The van der Waals surface area contributed by atoms with Crippen molar-refractivity contribution in [1.29, 1.82) is 0 Å². The van der Waals surface area contributed by atoms with Gasteiger partial charge in [0, 0.05) is 35.0 Å². The van der Waals surface area contributed by atoms with E-state index in [0.29, 0.717) is 4.88 Å². The zero-order chi connectivity index (χ0) is 19.7. The highest BCUT2D eigenvalue weighted by Gasteiger charge is 2.49. The summed E-state index contributed by atoms with van der Waals surface area (Å²) < 4.78 is 42.7. The summed E-state index contributed by atoms with van der Waals surface area (Å²) in [5.74, 6) is -0.602. The molecule has 0 amide bonds. The van der Waals surface area contributed by atoms with Crippen LogP contribution in [0.15, 0.2) is 11.0 Å². The maximum absolute atomic E-state index is 12.8. The predicted molar refractivity (Wildman–Crippen MR) is 97.1 cm³/mol. The molecule has 2 rings (SSSR count). The number of aryl methyl sites for hydroxylation is 1. The Bertz CT molecular complexity index is 839. The lowest BCUT2D eigenvalue weighted by Gasteiger charge is -2.37. The molecule has 0 spiro atoms. The number of nitrogens with zero attached hydrogens (tertiary/aromatic N) is 2. The standard InChI is InChI=1S/C14H20N2O7S3/c1-4-23-13(17)14(25(3)20)5-7-15(8-6-14)26(21,22)11-9-10(2)24-12(11)16(18)19/h9H,4-8H2,1-3H3. The number of piperidine rings is 1. The van der Waals surface area contributed by atoms with Gasteiger partial charge in [-0.15, -0.1) is 0 Å². The van der Waals surface area contributed by atoms with Crippen LogP contribution in [0.2, 0.25) is 0 Å². The van der Waals surface area contributed by atoms with E-state index < -0.39 is 41.5 Å². The maximum atomic E-state index is 12.8. The number of hydrogen-bond acceptors (Lipinski definition) is 8. The highest BCUT2D eigenvalue weighted by Crippen LogP contribution is 2.38. The van der Waals surface area contributed by atoms with Crippen molar-refractivity contribution in [2.24, 2.45) is 0 Å². The third-order valence-electron chi connectivity index (χ3n) is 4.31. The predicted octanol–water partition coefficient (Wildman–Crippen LogP) is 1.43. The minimum atomic E-state index is -4.08. The molecule has 12 heteroatoms. The Morgan fingerprint density at radius 3 is 2.50 bits per heavy atom. The van der Waals surface area contributed by atoms with Crippen LogP contribution in [0.5, 0.6) is 0 Å². The van der Waals surface area contributed by atoms with E-state index in [1.807, 2.05) is 0 Å². The summed E-state index contributed by atoms with van der Waals surface area (Å²) in [7, 11) is -5.62. The van der Waals surface area contributed by atoms with Crippen LogP contribution in [0.3, 0.4) is 0 Å². The van der Waals surface area contributed by atoms with Crippen LogP contribution in [0.25, 0.3) is 0 Å². The van der Waals surface area contributed by atoms with Crippen LogP contribution < -0.4 is 0 Å². The Labute approximate surface area is 158 Å². The number of hydrogen-bond donors (Lipinski definition) is 0. The molecule has 0 aliphatic carbocycles. The average Bonchev–Trinajstić information content (AvgIpc) is 2.98. The second-order valence-corrected chi connectivity index (χ2v) is 10.7. The maximum Gasteiger partial charge on any atom is 0.344 e. The van der Waals surface area contributed by atoms with Crippen molar-refractivity contribution in [2.45, 2.75) is 36.3 Å². The van der Waals surface area contributed by atoms with Gasteiger partial charge in [0.25, 0.3) is 10.0 Å². The van der Waals surface area contributed by atoms with E-state index in [1.165, 1.54) is 12.3 Å². The molecule has 1 aliphatic heterocycles. The molecule has 1 aromatic rings. The van der Waals surface area contributed by atoms with Crippen LogP contribution >= 0.6 is 11.3 Å². The molecule has 2 heterocycles. The molecule has 0 saturated carbocycles. The summed E-state index contributed by atoms with van der Waals surface area (Å²) >= 11 is 0.802. The van der Waals surface area contributed by atoms with E-state index in [9.17, 15) is 27.5 Å². The van der Waals surface area contributed by atoms with Gasteiger partial charge in [-0.05, 0) is 32.8 Å². The van der Waals surface area contributed by atoms with Crippen molar-refractivity contribution in [3.63, 3.8) is 0 Å². The zero-order valence-electron chi connectivity index (χ0n) is 14.6. The first-order valence-electron chi connectivity index (χ1n) is 7.82. The molecule has 1 unspecified atom stereocenters. The molecule has 1 atom stereocenters. The van der Waals surface area contributed by atoms with Gasteiger partial charge in [0.1, 0.15) is 4.75 Å². The highest BCUT2D eigenvalue weighted by molar-refractivity contribution is 7.89. The summed E-state index contributed by atoms with van der Waals surface area (Å²) in [5, 5.41) is 10.7. The van der Waals surface area contributed by atoms with E-state index in [0.717, 1.165) is 15.6 Å². The molecule has 1 aromatic heterocycles. The second-order valence-electron chi connectivity index (χ2n) is 5.86. The first-order valence-corrected chi connectivity index (χ1v) is 11.6. The summed E-state index contributed by atoms with van der Waals surface area (Å²) in [6.07, 6.45) is 1.46. The second kappa shape index (κ2) is 7.71. The molecular formula is C14H20N2O7S3. The molecule has 26 heavy (non-hydrogen) atoms. The highest BCUT2D eigenvalue weighted by atomic mass is 32.2. The number of thiophene rings is 1. The van der Waals surface area contributed by atoms with Gasteiger partial charge >= 0.3 is 11.0 Å². The Balaban J connectivity index is 2.30. The van der Waals surface area contributed by atoms with Crippen molar-refractivity contribution >= 4 is 43.1 Å². The number of sulfonamides is 1. The van der Waals surface area contributed by atoms with Crippen molar-refractivity contribution in [1.82, 2.24) is 4.31 Å². The molecule has 9 nitrogen and oxygen atoms in total. The Morgan fingerprint density at radius 2 is 2.04 bits per heavy atom. The SMILES string of the molecule is CCOC(=O)C1(S(C)=O)CCN(S(=O)(=O)c2cc(C)sc2[N+](=O)[O-])CC1. The van der Waals surface area contributed by atoms with Gasteiger partial charge in [0.05, 0.1) is 11.5 Å². The lowest BCUT2D eigenvalue weighted by molar-refractivity contribution is -0.383. The van der Waals surface area contributed by atoms with Gasteiger partial charge in [-0.3, -0.25) is 19.1 Å². The van der Waals surface area contributed by atoms with Gasteiger partial charge in [0.2, 0.25) is 0 Å². The number of ether oxygens (including phenoxy) is 1. The van der Waals surface area contributed by atoms with E-state index >= 15 is 0 Å². The number of carbonyl (C=O) groups is 1. The molecule has 1 fully saturated rings. The van der Waals surface area contributed by atoms with Gasteiger partial charge in [0.15, 0.2) is 4.90 Å². The van der Waals surface area contributed by atoms with E-state index in [-0.39, 0.29) is 37.4 Å². The average molecular weight is 425 g/mol. The number of carbonyl (C=O) groups excluding carboxylic acids is 1. The van der Waals surface area contributed by atoms with Gasteiger partial charge in [-0.2, -0.15) is 4.31 Å². The van der Waals surface area contributed by atoms with Crippen LogP contribution in [-0.2, 0) is 30.4 Å². The van der Waals surface area contributed by atoms with Gasteiger partial charge in [-0.1, -0.05) is 11.3 Å². The molecule has 1 saturated heterocycles. The first-order chi connectivity index (χ1) is 12.1. The monoisotopic (exact) mass is 424 g/mol. The van der Waals surface area contributed by atoms with Crippen LogP contribution in [0.4, 0.5) is 5.00 Å². The third-order valence-corrected chi connectivity index (χ3v) is 9.03. The van der Waals surface area contributed by atoms with Crippen LogP contribution in [0, 0.1) is 17.0 Å². The summed E-state index contributed by atoms with van der Waals surface area (Å²) in [6.45, 7) is 3.25. The Kier molecular flexibility index (Phi) is 6.20. The largest absolute Gasteiger partial charge is 0.465 e. The fourth-order valence-electron chi connectivity index (χ4n) is 2.89. The number of rotatable bonds is 6. The molecular weight excluding hydrogens is 404 g/mol. The number of esters is 1. The zero-order valence-corrected chi connectivity index (χ0v) is 17.0. The molecule has 0 aromatic carbocycles. The quantitative estimate of drug-likeness (QED) is 0.384. The van der Waals surface area contributed by atoms with Crippen LogP contribution in [-0.4, -0.2) is 58.5 Å². The minimum absolute atomic E-state index is 0.0328. The molecule has 0 radical (unpaired) electrons. The van der Waals surface area contributed by atoms with Crippen LogP contribution in [0.1, 0.15) is 24.6 Å². The Hall–Kier alpha value is -1.37. The molecule has 0 bridgehead atoms.